The highest BCUT2D eigenvalue weighted by Gasteiger charge is 2.42. The molecule has 5 rings (SSSR count). The lowest BCUT2D eigenvalue weighted by Gasteiger charge is -2.46. The Kier molecular flexibility index (Phi) is 11.9. The second-order valence-electron chi connectivity index (χ2n) is 12.6. The molecule has 12 nitrogen and oxygen atoms in total. The number of ether oxygens (including phenoxy) is 3. The van der Waals surface area contributed by atoms with Gasteiger partial charge in [0.2, 0.25) is 5.91 Å². The highest BCUT2D eigenvalue weighted by molar-refractivity contribution is 6.21. The number of hydrogen-bond donors (Lipinski definition) is 6. The first kappa shape index (κ1) is 31.8. The number of carbonyl (C=O) groups is 1. The summed E-state index contributed by atoms with van der Waals surface area (Å²) in [6, 6.07) is -0.0327. The van der Waals surface area contributed by atoms with Crippen LogP contribution in [-0.2, 0) is 19.0 Å². The van der Waals surface area contributed by atoms with Gasteiger partial charge in [0.1, 0.15) is 6.29 Å². The van der Waals surface area contributed by atoms with Crippen molar-refractivity contribution in [2.24, 2.45) is 11.8 Å². The lowest BCUT2D eigenvalue weighted by Crippen LogP contribution is -2.71. The van der Waals surface area contributed by atoms with Crippen molar-refractivity contribution in [2.45, 2.75) is 87.3 Å². The van der Waals surface area contributed by atoms with Crippen molar-refractivity contribution in [3.8, 4) is 0 Å². The van der Waals surface area contributed by atoms with E-state index in [1.54, 1.807) is 0 Å². The van der Waals surface area contributed by atoms with Crippen LogP contribution < -0.4 is 26.6 Å². The number of alkyl halides is 1. The topological polar surface area (TPSA) is 132 Å². The van der Waals surface area contributed by atoms with Crippen LogP contribution in [0.5, 0.6) is 0 Å². The van der Waals surface area contributed by atoms with E-state index in [4.69, 9.17) is 25.8 Å². The summed E-state index contributed by atoms with van der Waals surface area (Å²) in [6.45, 7) is 9.12. The third kappa shape index (κ3) is 8.72. The van der Waals surface area contributed by atoms with Crippen LogP contribution in [0.25, 0.3) is 0 Å². The van der Waals surface area contributed by atoms with Crippen LogP contribution >= 0.6 is 11.6 Å². The van der Waals surface area contributed by atoms with Gasteiger partial charge in [-0.25, -0.2) is 0 Å². The second-order valence-corrected chi connectivity index (χ2v) is 13.1. The fourth-order valence-electron chi connectivity index (χ4n) is 6.96. The summed E-state index contributed by atoms with van der Waals surface area (Å²) in [6.07, 6.45) is 4.19. The van der Waals surface area contributed by atoms with Crippen LogP contribution in [0, 0.1) is 11.8 Å². The van der Waals surface area contributed by atoms with Crippen molar-refractivity contribution in [1.82, 2.24) is 36.4 Å². The van der Waals surface area contributed by atoms with E-state index in [0.29, 0.717) is 57.4 Å². The Morgan fingerprint density at radius 2 is 2.12 bits per heavy atom. The van der Waals surface area contributed by atoms with Gasteiger partial charge in [0.15, 0.2) is 0 Å². The van der Waals surface area contributed by atoms with Crippen LogP contribution in [-0.4, -0.2) is 142 Å². The fraction of sp³-hybridized carbons (Fsp3) is 0.964. The highest BCUT2D eigenvalue weighted by Crippen LogP contribution is 2.40. The Labute approximate surface area is 249 Å². The molecule has 4 heterocycles. The van der Waals surface area contributed by atoms with Crippen molar-refractivity contribution >= 4 is 17.5 Å². The van der Waals surface area contributed by atoms with Gasteiger partial charge in [0.05, 0.1) is 68.5 Å². The molecular weight excluding hydrogens is 550 g/mol. The number of carbonyl (C=O) groups excluding carboxylic acids is 1. The van der Waals surface area contributed by atoms with Gasteiger partial charge in [-0.15, -0.1) is 11.6 Å². The minimum Gasteiger partial charge on any atom is -0.390 e. The highest BCUT2D eigenvalue weighted by atomic mass is 35.5. The SMILES string of the molecule is CCCN(C)C1NC(NC2COC2)CC(C(=O)NC[C@H](O)CN2CCC3C(CCC(OCC4CNCO4)C3Cl)C2)N1. The smallest absolute Gasteiger partial charge is 0.237 e. The van der Waals surface area contributed by atoms with Gasteiger partial charge in [-0.1, -0.05) is 6.92 Å². The minimum atomic E-state index is -0.622. The number of halogens is 1. The van der Waals surface area contributed by atoms with E-state index in [1.165, 1.54) is 0 Å². The lowest BCUT2D eigenvalue weighted by molar-refractivity contribution is -0.126. The van der Waals surface area contributed by atoms with E-state index < -0.39 is 6.10 Å². The summed E-state index contributed by atoms with van der Waals surface area (Å²) in [5.74, 6) is 0.876. The van der Waals surface area contributed by atoms with E-state index in [1.807, 2.05) is 0 Å². The number of hydrogen-bond acceptors (Lipinski definition) is 11. The lowest BCUT2D eigenvalue weighted by atomic mass is 9.73. The van der Waals surface area contributed by atoms with Crippen LogP contribution in [0.4, 0.5) is 0 Å². The molecule has 236 valence electrons. The Hall–Kier alpha value is -0.640. The summed E-state index contributed by atoms with van der Waals surface area (Å²) in [5.41, 5.74) is 0. The maximum atomic E-state index is 13.2. The Morgan fingerprint density at radius 1 is 1.27 bits per heavy atom. The molecule has 4 saturated heterocycles. The molecule has 6 N–H and O–H groups in total. The van der Waals surface area contributed by atoms with Crippen molar-refractivity contribution in [2.75, 3.05) is 72.9 Å². The fourth-order valence-corrected chi connectivity index (χ4v) is 7.49. The number of nitrogens with one attached hydrogen (secondary N) is 5. The number of amides is 1. The number of likely N-dealkylation sites (tertiary alicyclic amines) is 1. The molecule has 4 aliphatic heterocycles. The summed E-state index contributed by atoms with van der Waals surface area (Å²) in [5, 5.41) is 27.7. The second kappa shape index (κ2) is 15.4. The monoisotopic (exact) mass is 601 g/mol. The molecule has 5 fully saturated rings. The Morgan fingerprint density at radius 3 is 2.85 bits per heavy atom. The normalized spacial score (nSPS) is 37.5. The quantitative estimate of drug-likeness (QED) is 0.146. The molecule has 8 unspecified atom stereocenters. The van der Waals surface area contributed by atoms with E-state index in [2.05, 4.69) is 50.4 Å². The minimum absolute atomic E-state index is 0.00993. The summed E-state index contributed by atoms with van der Waals surface area (Å²) >= 11 is 6.93. The third-order valence-corrected chi connectivity index (χ3v) is 9.94. The molecule has 13 heteroatoms. The summed E-state index contributed by atoms with van der Waals surface area (Å²) in [7, 11) is 2.06. The van der Waals surface area contributed by atoms with Crippen LogP contribution in [0.15, 0.2) is 0 Å². The first-order valence-electron chi connectivity index (χ1n) is 15.7. The van der Waals surface area contributed by atoms with Gasteiger partial charge in [-0.3, -0.25) is 31.0 Å². The van der Waals surface area contributed by atoms with E-state index >= 15 is 0 Å². The Bertz CT molecular complexity index is 823. The van der Waals surface area contributed by atoms with Gasteiger partial charge in [-0.05, 0) is 51.1 Å². The molecule has 0 aromatic rings. The van der Waals surface area contributed by atoms with Crippen molar-refractivity contribution in [1.29, 1.82) is 0 Å². The molecule has 5 aliphatic rings. The zero-order valence-electron chi connectivity index (χ0n) is 24.7. The number of rotatable bonds is 13. The molecule has 0 spiro atoms. The number of aliphatic hydroxyl groups excluding tert-OH is 1. The van der Waals surface area contributed by atoms with Crippen LogP contribution in [0.3, 0.4) is 0 Å². The number of piperidine rings is 1. The van der Waals surface area contributed by atoms with Crippen molar-refractivity contribution < 1.29 is 24.1 Å². The van der Waals surface area contributed by atoms with Crippen molar-refractivity contribution in [3.63, 3.8) is 0 Å². The van der Waals surface area contributed by atoms with Crippen LogP contribution in [0.2, 0.25) is 0 Å². The average Bonchev–Trinajstić information content (AvgIpc) is 3.47. The number of β-amino-alcohol motifs (C(OH)–C–C–N with tert-alkyl or cyclic N) is 1. The van der Waals surface area contributed by atoms with Gasteiger partial charge in [-0.2, -0.15) is 0 Å². The molecular formula is C28H52ClN7O5. The maximum Gasteiger partial charge on any atom is 0.237 e. The molecule has 1 aliphatic carbocycles. The molecule has 0 aromatic heterocycles. The molecule has 9 atom stereocenters. The number of nitrogens with zero attached hydrogens (tertiary/aromatic N) is 2. The van der Waals surface area contributed by atoms with E-state index in [0.717, 1.165) is 51.9 Å². The summed E-state index contributed by atoms with van der Waals surface area (Å²) < 4.78 is 17.1. The molecule has 0 radical (unpaired) electrons. The predicted octanol–water partition coefficient (Wildman–Crippen LogP) is -0.975. The first-order chi connectivity index (χ1) is 19.9. The standard InChI is InChI=1S/C28H52ClN7O5/c1-3-7-35(2)28-33-23(9-25(34-28)32-19-14-39-15-19)27(38)31-10-20(37)13-36-8-6-22-18(12-36)4-5-24(26(22)29)40-16-21-11-30-17-41-21/h18-26,28,30,32-34,37H,3-17H2,1-2H3,(H,31,38)/t18?,20-,21?,22?,23?,24?,25?,26?,28?/m0/s1. The molecule has 41 heavy (non-hydrogen) atoms. The van der Waals surface area contributed by atoms with Gasteiger partial charge in [0, 0.05) is 39.1 Å². The molecule has 0 aromatic carbocycles. The number of aliphatic hydroxyl groups is 1. The molecule has 1 saturated carbocycles. The zero-order chi connectivity index (χ0) is 28.8. The van der Waals surface area contributed by atoms with E-state index in [9.17, 15) is 9.90 Å². The van der Waals surface area contributed by atoms with Gasteiger partial charge < -0.3 is 29.5 Å². The van der Waals surface area contributed by atoms with Gasteiger partial charge in [0.25, 0.3) is 0 Å². The first-order valence-corrected chi connectivity index (χ1v) is 16.2. The maximum absolute atomic E-state index is 13.2. The van der Waals surface area contributed by atoms with Gasteiger partial charge >= 0.3 is 0 Å². The van der Waals surface area contributed by atoms with Crippen LogP contribution in [0.1, 0.15) is 39.0 Å². The summed E-state index contributed by atoms with van der Waals surface area (Å²) in [4.78, 5) is 17.7. The van der Waals surface area contributed by atoms with Crippen molar-refractivity contribution in [3.05, 3.63) is 0 Å². The largest absolute Gasteiger partial charge is 0.390 e. The molecule has 1 amide bonds. The number of fused-ring (bicyclic) bond motifs is 1. The zero-order valence-corrected chi connectivity index (χ0v) is 25.5. The van der Waals surface area contributed by atoms with E-state index in [-0.39, 0.29) is 48.5 Å². The average molecular weight is 602 g/mol. The molecule has 0 bridgehead atoms. The third-order valence-electron chi connectivity index (χ3n) is 9.33. The predicted molar refractivity (Wildman–Crippen MR) is 156 cm³/mol. The Balaban J connectivity index is 1.03.